The Bertz CT molecular complexity index is 871. The molecule has 124 valence electrons. The number of aryl methyl sites for hydroxylation is 2. The summed E-state index contributed by atoms with van der Waals surface area (Å²) in [7, 11) is 0. The van der Waals surface area contributed by atoms with E-state index < -0.39 is 0 Å². The van der Waals surface area contributed by atoms with Gasteiger partial charge in [-0.1, -0.05) is 23.8 Å². The lowest BCUT2D eigenvalue weighted by atomic mass is 10.1. The molecule has 0 saturated heterocycles. The summed E-state index contributed by atoms with van der Waals surface area (Å²) in [5.41, 5.74) is 1.85. The van der Waals surface area contributed by atoms with Crippen molar-refractivity contribution < 1.29 is 13.9 Å². The molecular weight excluding hydrogens is 325 g/mol. The van der Waals surface area contributed by atoms with Crippen LogP contribution in [0.15, 0.2) is 42.5 Å². The largest absolute Gasteiger partial charge is 0.492 e. The first-order valence-electron chi connectivity index (χ1n) is 7.71. The van der Waals surface area contributed by atoms with Crippen LogP contribution in [0.25, 0.3) is 10.1 Å². The van der Waals surface area contributed by atoms with Crippen LogP contribution in [-0.4, -0.2) is 19.1 Å². The van der Waals surface area contributed by atoms with Crippen LogP contribution < -0.4 is 10.1 Å². The van der Waals surface area contributed by atoms with E-state index >= 15 is 0 Å². The molecule has 0 atom stereocenters. The van der Waals surface area contributed by atoms with Crippen molar-refractivity contribution >= 4 is 27.3 Å². The van der Waals surface area contributed by atoms with Gasteiger partial charge in [0.1, 0.15) is 18.2 Å². The van der Waals surface area contributed by atoms with Gasteiger partial charge >= 0.3 is 0 Å². The number of amides is 1. The molecule has 0 aliphatic rings. The van der Waals surface area contributed by atoms with Crippen molar-refractivity contribution in [2.24, 2.45) is 0 Å². The Hall–Kier alpha value is -2.40. The average molecular weight is 343 g/mol. The molecule has 24 heavy (non-hydrogen) atoms. The predicted octanol–water partition coefficient (Wildman–Crippen LogP) is 4.47. The van der Waals surface area contributed by atoms with E-state index in [1.165, 1.54) is 23.0 Å². The maximum Gasteiger partial charge on any atom is 0.261 e. The van der Waals surface area contributed by atoms with Gasteiger partial charge in [0, 0.05) is 10.1 Å². The molecule has 2 aromatic carbocycles. The summed E-state index contributed by atoms with van der Waals surface area (Å²) in [6.45, 7) is 4.57. The van der Waals surface area contributed by atoms with Crippen LogP contribution in [-0.2, 0) is 0 Å². The molecule has 1 N–H and O–H groups in total. The first-order valence-corrected chi connectivity index (χ1v) is 8.53. The Balaban J connectivity index is 1.60. The highest BCUT2D eigenvalue weighted by Gasteiger charge is 2.17. The lowest BCUT2D eigenvalue weighted by molar-refractivity contribution is 0.0950. The summed E-state index contributed by atoms with van der Waals surface area (Å²) < 4.78 is 20.3. The number of hydrogen-bond donors (Lipinski definition) is 1. The standard InChI is InChI=1S/C19H18FNO2S/c1-12-6-8-14(9-7-12)23-11-10-21-19(22)18-13(2)17-15(20)4-3-5-16(17)24-18/h3-9H,10-11H2,1-2H3,(H,21,22). The van der Waals surface area contributed by atoms with Crippen molar-refractivity contribution in [2.45, 2.75) is 13.8 Å². The highest BCUT2D eigenvalue weighted by atomic mass is 32.1. The van der Waals surface area contributed by atoms with Crippen LogP contribution >= 0.6 is 11.3 Å². The van der Waals surface area contributed by atoms with Gasteiger partial charge in [-0.25, -0.2) is 4.39 Å². The van der Waals surface area contributed by atoms with Gasteiger partial charge in [-0.05, 0) is 43.7 Å². The molecule has 0 unspecified atom stereocenters. The smallest absolute Gasteiger partial charge is 0.261 e. The minimum atomic E-state index is -0.289. The minimum absolute atomic E-state index is 0.194. The first-order chi connectivity index (χ1) is 11.6. The van der Waals surface area contributed by atoms with Crippen LogP contribution in [0.2, 0.25) is 0 Å². The fourth-order valence-corrected chi connectivity index (χ4v) is 3.66. The van der Waals surface area contributed by atoms with Crippen LogP contribution in [0.4, 0.5) is 4.39 Å². The third kappa shape index (κ3) is 3.41. The third-order valence-corrected chi connectivity index (χ3v) is 5.04. The number of benzene rings is 2. The van der Waals surface area contributed by atoms with Gasteiger partial charge in [-0.3, -0.25) is 4.79 Å². The molecule has 0 bridgehead atoms. The van der Waals surface area contributed by atoms with Gasteiger partial charge < -0.3 is 10.1 Å². The summed E-state index contributed by atoms with van der Waals surface area (Å²) >= 11 is 1.31. The minimum Gasteiger partial charge on any atom is -0.492 e. The van der Waals surface area contributed by atoms with Crippen molar-refractivity contribution in [1.82, 2.24) is 5.32 Å². The highest BCUT2D eigenvalue weighted by molar-refractivity contribution is 7.21. The lowest BCUT2D eigenvalue weighted by Gasteiger charge is -2.07. The van der Waals surface area contributed by atoms with Gasteiger partial charge in [0.25, 0.3) is 5.91 Å². The molecule has 3 aromatic rings. The number of fused-ring (bicyclic) bond motifs is 1. The van der Waals surface area contributed by atoms with E-state index in [0.29, 0.717) is 29.0 Å². The monoisotopic (exact) mass is 343 g/mol. The third-order valence-electron chi connectivity index (χ3n) is 3.79. The van der Waals surface area contributed by atoms with Gasteiger partial charge in [0.2, 0.25) is 0 Å². The topological polar surface area (TPSA) is 38.3 Å². The maximum atomic E-state index is 13.9. The zero-order chi connectivity index (χ0) is 17.1. The molecule has 3 nitrogen and oxygen atoms in total. The second kappa shape index (κ2) is 7.01. The molecule has 0 saturated carbocycles. The quantitative estimate of drug-likeness (QED) is 0.694. The molecule has 1 amide bonds. The maximum absolute atomic E-state index is 13.9. The number of nitrogens with one attached hydrogen (secondary N) is 1. The van der Waals surface area contributed by atoms with E-state index in [2.05, 4.69) is 5.32 Å². The van der Waals surface area contributed by atoms with Gasteiger partial charge in [-0.15, -0.1) is 11.3 Å². The summed E-state index contributed by atoms with van der Waals surface area (Å²) in [6, 6.07) is 12.6. The number of carbonyl (C=O) groups excluding carboxylic acids is 1. The summed E-state index contributed by atoms with van der Waals surface area (Å²) in [4.78, 5) is 12.9. The number of ether oxygens (including phenoxy) is 1. The first kappa shape index (κ1) is 16.5. The van der Waals surface area contributed by atoms with Crippen molar-refractivity contribution in [2.75, 3.05) is 13.2 Å². The second-order valence-electron chi connectivity index (χ2n) is 5.59. The fraction of sp³-hybridized carbons (Fsp3) is 0.211. The van der Waals surface area contributed by atoms with Gasteiger partial charge in [-0.2, -0.15) is 0 Å². The number of rotatable bonds is 5. The molecule has 3 rings (SSSR count). The summed E-state index contributed by atoms with van der Waals surface area (Å²) in [5.74, 6) is 0.290. The Morgan fingerprint density at radius 2 is 1.92 bits per heavy atom. The Morgan fingerprint density at radius 3 is 2.62 bits per heavy atom. The summed E-state index contributed by atoms with van der Waals surface area (Å²) in [6.07, 6.45) is 0. The lowest BCUT2D eigenvalue weighted by Crippen LogP contribution is -2.27. The highest BCUT2D eigenvalue weighted by Crippen LogP contribution is 2.32. The Labute approximate surface area is 144 Å². The van der Waals surface area contributed by atoms with Crippen LogP contribution in [0.5, 0.6) is 5.75 Å². The SMILES string of the molecule is Cc1ccc(OCCNC(=O)c2sc3cccc(F)c3c2C)cc1. The normalized spacial score (nSPS) is 10.8. The predicted molar refractivity (Wildman–Crippen MR) is 95.5 cm³/mol. The van der Waals surface area contributed by atoms with E-state index in [0.717, 1.165) is 10.4 Å². The molecule has 0 aliphatic heterocycles. The zero-order valence-corrected chi connectivity index (χ0v) is 14.4. The van der Waals surface area contributed by atoms with Gasteiger partial charge in [0.15, 0.2) is 0 Å². The molecule has 0 fully saturated rings. The second-order valence-corrected chi connectivity index (χ2v) is 6.64. The van der Waals surface area contributed by atoms with E-state index in [4.69, 9.17) is 4.74 Å². The molecule has 0 spiro atoms. The van der Waals surface area contributed by atoms with Crippen LogP contribution in [0.3, 0.4) is 0 Å². The Kier molecular flexibility index (Phi) is 4.81. The number of hydrogen-bond acceptors (Lipinski definition) is 3. The number of thiophene rings is 1. The summed E-state index contributed by atoms with van der Waals surface area (Å²) in [5, 5.41) is 3.36. The number of carbonyl (C=O) groups is 1. The molecule has 5 heteroatoms. The molecule has 0 aliphatic carbocycles. The van der Waals surface area contributed by atoms with E-state index in [-0.39, 0.29) is 11.7 Å². The molecule has 1 aromatic heterocycles. The molecule has 0 radical (unpaired) electrons. The molecule has 1 heterocycles. The van der Waals surface area contributed by atoms with E-state index in [9.17, 15) is 9.18 Å². The van der Waals surface area contributed by atoms with Crippen molar-refractivity contribution in [3.63, 3.8) is 0 Å². The average Bonchev–Trinajstić information content (AvgIpc) is 2.91. The fourth-order valence-electron chi connectivity index (χ4n) is 2.52. The van der Waals surface area contributed by atoms with Crippen molar-refractivity contribution in [3.8, 4) is 5.75 Å². The van der Waals surface area contributed by atoms with E-state index in [1.807, 2.05) is 37.3 Å². The van der Waals surface area contributed by atoms with E-state index in [1.54, 1.807) is 13.0 Å². The van der Waals surface area contributed by atoms with Crippen LogP contribution in [0.1, 0.15) is 20.8 Å². The zero-order valence-electron chi connectivity index (χ0n) is 13.6. The van der Waals surface area contributed by atoms with Crippen molar-refractivity contribution in [3.05, 3.63) is 64.3 Å². The number of halogens is 1. The molecular formula is C19H18FNO2S. The van der Waals surface area contributed by atoms with Gasteiger partial charge in [0.05, 0.1) is 11.4 Å². The van der Waals surface area contributed by atoms with Crippen molar-refractivity contribution in [1.29, 1.82) is 0 Å². The Morgan fingerprint density at radius 1 is 1.17 bits per heavy atom. The van der Waals surface area contributed by atoms with Crippen LogP contribution in [0, 0.1) is 19.7 Å².